The first-order chi connectivity index (χ1) is 8.45. The Morgan fingerprint density at radius 1 is 1.44 bits per heavy atom. The smallest absolute Gasteiger partial charge is 0.409 e. The van der Waals surface area contributed by atoms with Crippen molar-refractivity contribution in [2.75, 3.05) is 13.7 Å². The quantitative estimate of drug-likeness (QED) is 0.859. The van der Waals surface area contributed by atoms with E-state index in [0.717, 1.165) is 0 Å². The SMILES string of the molecule is CCCn1ncc(OC)c1C(NCC)C(F)(F)F. The summed E-state index contributed by atoms with van der Waals surface area (Å²) in [6.45, 7) is 4.15. The fourth-order valence-corrected chi connectivity index (χ4v) is 1.79. The van der Waals surface area contributed by atoms with Crippen LogP contribution < -0.4 is 10.1 Å². The van der Waals surface area contributed by atoms with Crippen LogP contribution in [0.5, 0.6) is 5.75 Å². The van der Waals surface area contributed by atoms with Gasteiger partial charge in [0.15, 0.2) is 5.75 Å². The summed E-state index contributed by atoms with van der Waals surface area (Å²) < 4.78 is 45.5. The molecule has 1 unspecified atom stereocenters. The lowest BCUT2D eigenvalue weighted by Crippen LogP contribution is -2.36. The Morgan fingerprint density at radius 3 is 2.56 bits per heavy atom. The van der Waals surface area contributed by atoms with Gasteiger partial charge in [0.25, 0.3) is 0 Å². The lowest BCUT2D eigenvalue weighted by atomic mass is 10.1. The van der Waals surface area contributed by atoms with E-state index in [4.69, 9.17) is 4.74 Å². The van der Waals surface area contributed by atoms with Crippen LogP contribution in [0.4, 0.5) is 13.2 Å². The van der Waals surface area contributed by atoms with Gasteiger partial charge in [-0.15, -0.1) is 0 Å². The summed E-state index contributed by atoms with van der Waals surface area (Å²) in [6.07, 6.45) is -2.36. The highest BCUT2D eigenvalue weighted by molar-refractivity contribution is 5.29. The third-order valence-electron chi connectivity index (χ3n) is 2.51. The van der Waals surface area contributed by atoms with E-state index in [1.54, 1.807) is 6.92 Å². The van der Waals surface area contributed by atoms with Crippen LogP contribution in [0.15, 0.2) is 6.20 Å². The standard InChI is InChI=1S/C11H18F3N3O/c1-4-6-17-9(8(18-3)7-16-17)10(15-5-2)11(12,13)14/h7,10,15H,4-6H2,1-3H3. The fraction of sp³-hybridized carbons (Fsp3) is 0.727. The number of hydrogen-bond acceptors (Lipinski definition) is 3. The molecule has 1 atom stereocenters. The molecule has 0 aliphatic carbocycles. The molecule has 0 saturated carbocycles. The minimum absolute atomic E-state index is 0.0358. The molecule has 0 bridgehead atoms. The van der Waals surface area contributed by atoms with Gasteiger partial charge >= 0.3 is 6.18 Å². The van der Waals surface area contributed by atoms with Gasteiger partial charge in [-0.3, -0.25) is 4.68 Å². The van der Waals surface area contributed by atoms with Crippen molar-refractivity contribution >= 4 is 0 Å². The zero-order valence-electron chi connectivity index (χ0n) is 10.7. The third-order valence-corrected chi connectivity index (χ3v) is 2.51. The molecule has 0 saturated heterocycles. The number of halogens is 3. The number of aryl methyl sites for hydroxylation is 1. The van der Waals surface area contributed by atoms with Gasteiger partial charge in [0.2, 0.25) is 0 Å². The predicted octanol–water partition coefficient (Wildman–Crippen LogP) is 2.51. The van der Waals surface area contributed by atoms with E-state index in [9.17, 15) is 13.2 Å². The number of nitrogens with one attached hydrogen (secondary N) is 1. The van der Waals surface area contributed by atoms with E-state index in [2.05, 4.69) is 10.4 Å². The average molecular weight is 265 g/mol. The molecule has 104 valence electrons. The molecule has 1 N–H and O–H groups in total. The molecule has 1 heterocycles. The van der Waals surface area contributed by atoms with Crippen molar-refractivity contribution in [3.63, 3.8) is 0 Å². The van der Waals surface area contributed by atoms with E-state index in [1.165, 1.54) is 18.0 Å². The molecule has 0 spiro atoms. The first kappa shape index (κ1) is 14.8. The Bertz CT molecular complexity index is 376. The molecule has 7 heteroatoms. The zero-order chi connectivity index (χ0) is 13.8. The molecule has 4 nitrogen and oxygen atoms in total. The van der Waals surface area contributed by atoms with Gasteiger partial charge in [-0.2, -0.15) is 18.3 Å². The monoisotopic (exact) mass is 265 g/mol. The molecule has 0 fully saturated rings. The van der Waals surface area contributed by atoms with Crippen molar-refractivity contribution in [1.82, 2.24) is 15.1 Å². The second-order valence-electron chi connectivity index (χ2n) is 3.85. The summed E-state index contributed by atoms with van der Waals surface area (Å²) in [5, 5.41) is 6.38. The van der Waals surface area contributed by atoms with Crippen LogP contribution in [0.25, 0.3) is 0 Å². The average Bonchev–Trinajstić information content (AvgIpc) is 2.67. The maximum Gasteiger partial charge on any atom is 0.409 e. The first-order valence-electron chi connectivity index (χ1n) is 5.85. The molecule has 0 radical (unpaired) electrons. The van der Waals surface area contributed by atoms with E-state index in [1.807, 2.05) is 6.92 Å². The number of ether oxygens (including phenoxy) is 1. The number of aromatic nitrogens is 2. The van der Waals surface area contributed by atoms with E-state index >= 15 is 0 Å². The number of nitrogens with zero attached hydrogens (tertiary/aromatic N) is 2. The summed E-state index contributed by atoms with van der Waals surface area (Å²) >= 11 is 0. The second kappa shape index (κ2) is 6.08. The summed E-state index contributed by atoms with van der Waals surface area (Å²) in [5.74, 6) is 0.159. The highest BCUT2D eigenvalue weighted by Crippen LogP contribution is 2.37. The third kappa shape index (κ3) is 3.16. The van der Waals surface area contributed by atoms with Gasteiger partial charge in [0, 0.05) is 6.54 Å². The van der Waals surface area contributed by atoms with E-state index < -0.39 is 12.2 Å². The topological polar surface area (TPSA) is 39.1 Å². The highest BCUT2D eigenvalue weighted by Gasteiger charge is 2.44. The number of rotatable bonds is 6. The van der Waals surface area contributed by atoms with Crippen molar-refractivity contribution in [1.29, 1.82) is 0 Å². The van der Waals surface area contributed by atoms with Gasteiger partial charge in [-0.25, -0.2) is 0 Å². The maximum atomic E-state index is 13.0. The minimum Gasteiger partial charge on any atom is -0.493 e. The highest BCUT2D eigenvalue weighted by atomic mass is 19.4. The summed E-state index contributed by atoms with van der Waals surface area (Å²) in [7, 11) is 1.34. The number of alkyl halides is 3. The van der Waals surface area contributed by atoms with Crippen LogP contribution in [-0.4, -0.2) is 29.6 Å². The second-order valence-corrected chi connectivity index (χ2v) is 3.85. The Hall–Kier alpha value is -1.24. The van der Waals surface area contributed by atoms with Crippen molar-refractivity contribution in [2.24, 2.45) is 0 Å². The number of methoxy groups -OCH3 is 1. The lowest BCUT2D eigenvalue weighted by molar-refractivity contribution is -0.159. The molecule has 0 amide bonds. The molecule has 1 aromatic rings. The van der Waals surface area contributed by atoms with Crippen LogP contribution in [-0.2, 0) is 6.54 Å². The summed E-state index contributed by atoms with van der Waals surface area (Å²) in [6, 6.07) is -1.76. The van der Waals surface area contributed by atoms with Gasteiger partial charge < -0.3 is 10.1 Å². The Kier molecular flexibility index (Phi) is 5.01. The largest absolute Gasteiger partial charge is 0.493 e. The summed E-state index contributed by atoms with van der Waals surface area (Å²) in [4.78, 5) is 0. The van der Waals surface area contributed by atoms with E-state index in [-0.39, 0.29) is 18.0 Å². The van der Waals surface area contributed by atoms with Crippen LogP contribution in [0.1, 0.15) is 32.0 Å². The molecular formula is C11H18F3N3O. The zero-order valence-corrected chi connectivity index (χ0v) is 10.7. The van der Waals surface area contributed by atoms with Crippen LogP contribution in [0.3, 0.4) is 0 Å². The molecule has 1 aromatic heterocycles. The minimum atomic E-state index is -4.38. The lowest BCUT2D eigenvalue weighted by Gasteiger charge is -2.22. The van der Waals surface area contributed by atoms with Crippen LogP contribution >= 0.6 is 0 Å². The normalized spacial score (nSPS) is 13.7. The van der Waals surface area contributed by atoms with Crippen molar-refractivity contribution in [2.45, 2.75) is 39.0 Å². The van der Waals surface area contributed by atoms with Crippen molar-refractivity contribution < 1.29 is 17.9 Å². The summed E-state index contributed by atoms with van der Waals surface area (Å²) in [5.41, 5.74) is 0.0358. The Morgan fingerprint density at radius 2 is 2.11 bits per heavy atom. The molecule has 0 aliphatic heterocycles. The first-order valence-corrected chi connectivity index (χ1v) is 5.85. The molecule has 0 aliphatic rings. The van der Waals surface area contributed by atoms with E-state index in [0.29, 0.717) is 13.0 Å². The van der Waals surface area contributed by atoms with Gasteiger partial charge in [-0.05, 0) is 13.0 Å². The van der Waals surface area contributed by atoms with Gasteiger partial charge in [0.05, 0.1) is 13.3 Å². The van der Waals surface area contributed by atoms with Crippen LogP contribution in [0.2, 0.25) is 0 Å². The van der Waals surface area contributed by atoms with Crippen molar-refractivity contribution in [3.05, 3.63) is 11.9 Å². The fourth-order valence-electron chi connectivity index (χ4n) is 1.79. The number of hydrogen-bond donors (Lipinski definition) is 1. The Balaban J connectivity index is 3.19. The molecule has 18 heavy (non-hydrogen) atoms. The molecule has 0 aromatic carbocycles. The molecular weight excluding hydrogens is 247 g/mol. The van der Waals surface area contributed by atoms with Gasteiger partial charge in [0.1, 0.15) is 11.7 Å². The Labute approximate surface area is 104 Å². The van der Waals surface area contributed by atoms with Crippen molar-refractivity contribution in [3.8, 4) is 5.75 Å². The predicted molar refractivity (Wildman–Crippen MR) is 61.5 cm³/mol. The maximum absolute atomic E-state index is 13.0. The van der Waals surface area contributed by atoms with Crippen LogP contribution in [0, 0.1) is 0 Å². The van der Waals surface area contributed by atoms with Gasteiger partial charge in [-0.1, -0.05) is 13.8 Å². The molecule has 1 rings (SSSR count).